The van der Waals surface area contributed by atoms with Gasteiger partial charge in [0.05, 0.1) is 27.1 Å². The summed E-state index contributed by atoms with van der Waals surface area (Å²) in [6, 6.07) is 5.19. The second-order valence-electron chi connectivity index (χ2n) is 7.92. The molecule has 11 heteroatoms. The number of rotatable bonds is 4. The van der Waals surface area contributed by atoms with E-state index < -0.39 is 0 Å². The first-order valence-corrected chi connectivity index (χ1v) is 12.2. The Morgan fingerprint density at radius 2 is 2.07 bits per heavy atom. The summed E-state index contributed by atoms with van der Waals surface area (Å²) in [6.07, 6.45) is 0.880. The van der Waals surface area contributed by atoms with E-state index >= 15 is 0 Å². The molecule has 0 spiro atoms. The van der Waals surface area contributed by atoms with Crippen molar-refractivity contribution in [3.05, 3.63) is 28.3 Å². The van der Waals surface area contributed by atoms with Gasteiger partial charge < -0.3 is 15.1 Å². The molecular weight excluding hydrogens is 424 g/mol. The molecule has 1 aromatic carbocycles. The van der Waals surface area contributed by atoms with Crippen LogP contribution in [0.2, 0.25) is 0 Å². The number of thioether (sulfide) groups is 1. The summed E-state index contributed by atoms with van der Waals surface area (Å²) >= 11 is 3.34. The molecule has 3 aliphatic heterocycles. The molecule has 0 unspecified atom stereocenters. The van der Waals surface area contributed by atoms with Crippen LogP contribution in [0.25, 0.3) is 10.2 Å². The molecule has 5 rings (SSSR count). The van der Waals surface area contributed by atoms with Gasteiger partial charge in [0.2, 0.25) is 5.91 Å². The highest BCUT2D eigenvalue weighted by molar-refractivity contribution is 7.99. The smallest absolute Gasteiger partial charge is 0.270 e. The summed E-state index contributed by atoms with van der Waals surface area (Å²) in [6.45, 7) is 5.35. The van der Waals surface area contributed by atoms with E-state index in [2.05, 4.69) is 20.1 Å². The van der Waals surface area contributed by atoms with E-state index in [-0.39, 0.29) is 22.6 Å². The van der Waals surface area contributed by atoms with Gasteiger partial charge in [0, 0.05) is 63.2 Å². The van der Waals surface area contributed by atoms with Gasteiger partial charge in [-0.3, -0.25) is 19.8 Å². The summed E-state index contributed by atoms with van der Waals surface area (Å²) in [5, 5.41) is 15.4. The Morgan fingerprint density at radius 1 is 1.23 bits per heavy atom. The maximum absolute atomic E-state index is 12.6. The van der Waals surface area contributed by atoms with Crippen molar-refractivity contribution in [2.75, 3.05) is 55.8 Å². The Balaban J connectivity index is 1.18. The molecular formula is C19H24N6O3S2. The lowest BCUT2D eigenvalue weighted by Gasteiger charge is -2.37. The molecule has 4 heterocycles. The van der Waals surface area contributed by atoms with E-state index in [9.17, 15) is 14.9 Å². The standard InChI is InChI=1S/C19H24N6O3S2/c26-18(24-7-8-29-12-24)16-9-14(11-20-16)22-3-5-23(6-4-22)19-21-15-2-1-13(25(27)28)10-17(15)30-19/h1-2,10,14,16,20H,3-9,11-12H2/t14-,16-/m0/s1. The van der Waals surface area contributed by atoms with Gasteiger partial charge in [0.1, 0.15) is 0 Å². The average molecular weight is 449 g/mol. The highest BCUT2D eigenvalue weighted by Crippen LogP contribution is 2.32. The molecule has 0 radical (unpaired) electrons. The van der Waals surface area contributed by atoms with Gasteiger partial charge in [-0.15, -0.1) is 11.8 Å². The number of hydrogen-bond donors (Lipinski definition) is 1. The minimum Gasteiger partial charge on any atom is -0.345 e. The van der Waals surface area contributed by atoms with E-state index in [1.165, 1.54) is 17.4 Å². The minimum absolute atomic E-state index is 0.0493. The van der Waals surface area contributed by atoms with Crippen molar-refractivity contribution in [2.24, 2.45) is 0 Å². The van der Waals surface area contributed by atoms with E-state index in [0.717, 1.165) is 72.7 Å². The maximum Gasteiger partial charge on any atom is 0.270 e. The number of aromatic nitrogens is 1. The average Bonchev–Trinajstić information content (AvgIpc) is 3.53. The quantitative estimate of drug-likeness (QED) is 0.557. The van der Waals surface area contributed by atoms with Gasteiger partial charge in [0.15, 0.2) is 5.13 Å². The van der Waals surface area contributed by atoms with Crippen molar-refractivity contribution in [1.29, 1.82) is 0 Å². The molecule has 3 fully saturated rings. The third kappa shape index (κ3) is 3.86. The number of fused-ring (bicyclic) bond motifs is 1. The lowest BCUT2D eigenvalue weighted by molar-refractivity contribution is -0.384. The number of carbonyl (C=O) groups excluding carboxylic acids is 1. The maximum atomic E-state index is 12.6. The molecule has 0 bridgehead atoms. The fourth-order valence-corrected chi connectivity index (χ4v) is 6.43. The Labute approximate surface area is 182 Å². The van der Waals surface area contributed by atoms with E-state index in [0.29, 0.717) is 6.04 Å². The number of nitro groups is 1. The molecule has 2 aromatic rings. The Morgan fingerprint density at radius 3 is 2.80 bits per heavy atom. The molecule has 9 nitrogen and oxygen atoms in total. The third-order valence-electron chi connectivity index (χ3n) is 6.14. The van der Waals surface area contributed by atoms with Crippen LogP contribution < -0.4 is 10.2 Å². The van der Waals surface area contributed by atoms with Gasteiger partial charge >= 0.3 is 0 Å². The van der Waals surface area contributed by atoms with Crippen molar-refractivity contribution < 1.29 is 9.72 Å². The largest absolute Gasteiger partial charge is 0.345 e. The van der Waals surface area contributed by atoms with Gasteiger partial charge in [-0.1, -0.05) is 11.3 Å². The van der Waals surface area contributed by atoms with Crippen LogP contribution in [0, 0.1) is 10.1 Å². The lowest BCUT2D eigenvalue weighted by Crippen LogP contribution is -2.51. The zero-order valence-electron chi connectivity index (χ0n) is 16.5. The molecule has 0 saturated carbocycles. The molecule has 1 N–H and O–H groups in total. The summed E-state index contributed by atoms with van der Waals surface area (Å²) < 4.78 is 0.850. The van der Waals surface area contributed by atoms with Crippen LogP contribution in [0.4, 0.5) is 10.8 Å². The molecule has 1 amide bonds. The normalized spacial score (nSPS) is 25.3. The number of thiazole rings is 1. The molecule has 3 aliphatic rings. The Bertz CT molecular complexity index is 955. The Hall–Kier alpha value is -1.95. The van der Waals surface area contributed by atoms with Gasteiger partial charge in [-0.25, -0.2) is 4.98 Å². The highest BCUT2D eigenvalue weighted by atomic mass is 32.2. The van der Waals surface area contributed by atoms with Crippen molar-refractivity contribution in [1.82, 2.24) is 20.1 Å². The van der Waals surface area contributed by atoms with E-state index in [1.807, 2.05) is 16.7 Å². The predicted octanol–water partition coefficient (Wildman–Crippen LogP) is 1.59. The fraction of sp³-hybridized carbons (Fsp3) is 0.579. The number of anilines is 1. The van der Waals surface area contributed by atoms with E-state index in [1.54, 1.807) is 12.1 Å². The summed E-state index contributed by atoms with van der Waals surface area (Å²) in [5.41, 5.74) is 0.914. The number of carbonyl (C=O) groups is 1. The highest BCUT2D eigenvalue weighted by Gasteiger charge is 2.36. The molecule has 30 heavy (non-hydrogen) atoms. The SMILES string of the molecule is O=C([C@@H]1C[C@H](N2CCN(c3nc4ccc([N+](=O)[O-])cc4s3)CC2)CN1)N1CCSC1. The lowest BCUT2D eigenvalue weighted by atomic mass is 10.1. The first-order chi connectivity index (χ1) is 14.6. The summed E-state index contributed by atoms with van der Waals surface area (Å²) in [5.74, 6) is 2.12. The van der Waals surface area contributed by atoms with E-state index in [4.69, 9.17) is 0 Å². The number of amides is 1. The van der Waals surface area contributed by atoms with Crippen LogP contribution in [0.1, 0.15) is 6.42 Å². The van der Waals surface area contributed by atoms with Crippen LogP contribution in [0.5, 0.6) is 0 Å². The van der Waals surface area contributed by atoms with Crippen molar-refractivity contribution in [3.8, 4) is 0 Å². The van der Waals surface area contributed by atoms with Gasteiger partial charge in [-0.05, 0) is 12.5 Å². The number of nitro benzene ring substituents is 1. The zero-order valence-corrected chi connectivity index (χ0v) is 18.2. The topological polar surface area (TPSA) is 94.8 Å². The first kappa shape index (κ1) is 20.0. The predicted molar refractivity (Wildman–Crippen MR) is 119 cm³/mol. The second-order valence-corrected chi connectivity index (χ2v) is 10.0. The van der Waals surface area contributed by atoms with Crippen LogP contribution in [-0.2, 0) is 4.79 Å². The van der Waals surface area contributed by atoms with Crippen molar-refractivity contribution in [2.45, 2.75) is 18.5 Å². The molecule has 2 atom stereocenters. The first-order valence-electron chi connectivity index (χ1n) is 10.2. The van der Waals surface area contributed by atoms with Crippen LogP contribution in [0.3, 0.4) is 0 Å². The number of non-ortho nitro benzene ring substituents is 1. The van der Waals surface area contributed by atoms with Gasteiger partial charge in [-0.2, -0.15) is 0 Å². The molecule has 3 saturated heterocycles. The van der Waals surface area contributed by atoms with Crippen LogP contribution in [-0.4, -0.2) is 88.6 Å². The number of piperazine rings is 1. The number of nitrogens with one attached hydrogen (secondary N) is 1. The fourth-order valence-electron chi connectivity index (χ4n) is 4.42. The second kappa shape index (κ2) is 8.29. The Kier molecular flexibility index (Phi) is 5.52. The summed E-state index contributed by atoms with van der Waals surface area (Å²) in [7, 11) is 0. The number of hydrogen-bond acceptors (Lipinski definition) is 9. The number of nitrogens with zero attached hydrogens (tertiary/aromatic N) is 5. The monoisotopic (exact) mass is 448 g/mol. The zero-order chi connectivity index (χ0) is 20.7. The molecule has 0 aliphatic carbocycles. The molecule has 160 valence electrons. The number of benzene rings is 1. The van der Waals surface area contributed by atoms with Crippen molar-refractivity contribution >= 4 is 50.0 Å². The third-order valence-corrected chi connectivity index (χ3v) is 8.19. The molecule has 1 aromatic heterocycles. The van der Waals surface area contributed by atoms with Crippen LogP contribution in [0.15, 0.2) is 18.2 Å². The van der Waals surface area contributed by atoms with Crippen LogP contribution >= 0.6 is 23.1 Å². The van der Waals surface area contributed by atoms with Gasteiger partial charge in [0.25, 0.3) is 5.69 Å². The summed E-state index contributed by atoms with van der Waals surface area (Å²) in [4.78, 5) is 34.7. The minimum atomic E-state index is -0.367. The van der Waals surface area contributed by atoms with Crippen molar-refractivity contribution in [3.63, 3.8) is 0 Å².